The Balaban J connectivity index is 2.79. The average Bonchev–Trinajstić information content (AvgIpc) is 2.67. The molecule has 0 saturated heterocycles. The predicted molar refractivity (Wildman–Crippen MR) is 54.2 cm³/mol. The minimum absolute atomic E-state index is 0.0268. The van der Waals surface area contributed by atoms with Gasteiger partial charge in [0, 0.05) is 5.57 Å². The summed E-state index contributed by atoms with van der Waals surface area (Å²) < 4.78 is 4.67. The zero-order chi connectivity index (χ0) is 11.8. The van der Waals surface area contributed by atoms with Crippen molar-refractivity contribution < 1.29 is 19.4 Å². The Labute approximate surface area is 88.9 Å². The molecular weight excluding hydrogens is 196 g/mol. The maximum atomic E-state index is 11.4. The SMILES string of the molecule is COC(=O)[C@@H]1[C@@H](/C=C(\C)C(=O)O)C1(C)C. The molecule has 1 rings (SSSR count). The molecule has 0 spiro atoms. The van der Waals surface area contributed by atoms with Gasteiger partial charge in [0.15, 0.2) is 0 Å². The maximum absolute atomic E-state index is 11.4. The monoisotopic (exact) mass is 212 g/mol. The summed E-state index contributed by atoms with van der Waals surface area (Å²) in [6.45, 7) is 5.40. The number of esters is 1. The molecule has 4 nitrogen and oxygen atoms in total. The van der Waals surface area contributed by atoms with E-state index < -0.39 is 5.97 Å². The van der Waals surface area contributed by atoms with Gasteiger partial charge in [-0.1, -0.05) is 19.9 Å². The minimum atomic E-state index is -0.943. The van der Waals surface area contributed by atoms with Crippen LogP contribution >= 0.6 is 0 Å². The Bertz CT molecular complexity index is 327. The molecule has 2 atom stereocenters. The fourth-order valence-corrected chi connectivity index (χ4v) is 1.91. The van der Waals surface area contributed by atoms with Crippen LogP contribution in [-0.4, -0.2) is 24.2 Å². The zero-order valence-electron chi connectivity index (χ0n) is 9.40. The van der Waals surface area contributed by atoms with Gasteiger partial charge < -0.3 is 9.84 Å². The largest absolute Gasteiger partial charge is 0.478 e. The molecule has 0 aromatic heterocycles. The smallest absolute Gasteiger partial charge is 0.330 e. The fraction of sp³-hybridized carbons (Fsp3) is 0.636. The standard InChI is InChI=1S/C11H16O4/c1-6(9(12)13)5-7-8(10(14)15-4)11(7,2)3/h5,7-8H,1-4H3,(H,12,13)/b6-5+/t7-,8+/m1/s1. The van der Waals surface area contributed by atoms with Crippen molar-refractivity contribution in [1.82, 2.24) is 0 Å². The van der Waals surface area contributed by atoms with Gasteiger partial charge in [-0.2, -0.15) is 0 Å². The molecule has 1 aliphatic rings. The van der Waals surface area contributed by atoms with Crippen molar-refractivity contribution in [3.63, 3.8) is 0 Å². The summed E-state index contributed by atoms with van der Waals surface area (Å²) in [6.07, 6.45) is 1.64. The molecule has 0 radical (unpaired) electrons. The highest BCUT2D eigenvalue weighted by atomic mass is 16.5. The molecule has 1 saturated carbocycles. The van der Waals surface area contributed by atoms with Crippen molar-refractivity contribution in [1.29, 1.82) is 0 Å². The van der Waals surface area contributed by atoms with Crippen molar-refractivity contribution in [2.75, 3.05) is 7.11 Å². The van der Waals surface area contributed by atoms with E-state index in [9.17, 15) is 9.59 Å². The third-order valence-corrected chi connectivity index (χ3v) is 3.13. The number of methoxy groups -OCH3 is 1. The number of ether oxygens (including phenoxy) is 1. The zero-order valence-corrected chi connectivity index (χ0v) is 9.40. The van der Waals surface area contributed by atoms with E-state index in [-0.39, 0.29) is 28.8 Å². The van der Waals surface area contributed by atoms with E-state index in [1.807, 2.05) is 13.8 Å². The minimum Gasteiger partial charge on any atom is -0.478 e. The van der Waals surface area contributed by atoms with Crippen LogP contribution in [0.15, 0.2) is 11.6 Å². The first kappa shape index (κ1) is 11.8. The molecule has 0 aromatic carbocycles. The first-order valence-electron chi connectivity index (χ1n) is 4.82. The van der Waals surface area contributed by atoms with Gasteiger partial charge in [0.25, 0.3) is 0 Å². The van der Waals surface area contributed by atoms with Crippen molar-refractivity contribution in [2.24, 2.45) is 17.3 Å². The predicted octanol–water partition coefficient (Wildman–Crippen LogP) is 1.46. The molecule has 1 fully saturated rings. The van der Waals surface area contributed by atoms with Crippen molar-refractivity contribution >= 4 is 11.9 Å². The molecule has 0 unspecified atom stereocenters. The Morgan fingerprint density at radius 2 is 1.93 bits per heavy atom. The van der Waals surface area contributed by atoms with E-state index in [2.05, 4.69) is 4.74 Å². The lowest BCUT2D eigenvalue weighted by molar-refractivity contribution is -0.143. The summed E-state index contributed by atoms with van der Waals surface area (Å²) in [5, 5.41) is 8.73. The first-order valence-corrected chi connectivity index (χ1v) is 4.82. The van der Waals surface area contributed by atoms with Crippen LogP contribution in [0.3, 0.4) is 0 Å². The second kappa shape index (κ2) is 3.68. The highest BCUT2D eigenvalue weighted by Gasteiger charge is 2.61. The number of rotatable bonds is 3. The molecule has 1 aliphatic carbocycles. The van der Waals surface area contributed by atoms with Crippen molar-refractivity contribution in [3.05, 3.63) is 11.6 Å². The fourth-order valence-electron chi connectivity index (χ4n) is 1.91. The topological polar surface area (TPSA) is 63.6 Å². The van der Waals surface area contributed by atoms with Gasteiger partial charge in [0.1, 0.15) is 0 Å². The summed E-state index contributed by atoms with van der Waals surface area (Å²) in [7, 11) is 1.35. The molecular formula is C11H16O4. The Kier molecular flexibility index (Phi) is 2.88. The summed E-state index contributed by atoms with van der Waals surface area (Å²) in [6, 6.07) is 0. The van der Waals surface area contributed by atoms with E-state index in [0.717, 1.165) is 0 Å². The van der Waals surface area contributed by atoms with Crippen molar-refractivity contribution in [2.45, 2.75) is 20.8 Å². The average molecular weight is 212 g/mol. The van der Waals surface area contributed by atoms with Gasteiger partial charge in [0.05, 0.1) is 13.0 Å². The molecule has 0 aromatic rings. The molecule has 1 N–H and O–H groups in total. The maximum Gasteiger partial charge on any atom is 0.330 e. The van der Waals surface area contributed by atoms with Crippen LogP contribution in [0.2, 0.25) is 0 Å². The quantitative estimate of drug-likeness (QED) is 0.568. The summed E-state index contributed by atoms with van der Waals surface area (Å²) >= 11 is 0. The lowest BCUT2D eigenvalue weighted by Crippen LogP contribution is -2.07. The van der Waals surface area contributed by atoms with Crippen LogP contribution in [-0.2, 0) is 14.3 Å². The van der Waals surface area contributed by atoms with Crippen molar-refractivity contribution in [3.8, 4) is 0 Å². The van der Waals surface area contributed by atoms with Crippen LogP contribution in [0.1, 0.15) is 20.8 Å². The molecule has 0 amide bonds. The number of allylic oxidation sites excluding steroid dienone is 1. The number of aliphatic carboxylic acids is 1. The molecule has 0 aliphatic heterocycles. The van der Waals surface area contributed by atoms with Crippen LogP contribution in [0.4, 0.5) is 0 Å². The Morgan fingerprint density at radius 3 is 2.33 bits per heavy atom. The normalized spacial score (nSPS) is 28.4. The first-order chi connectivity index (χ1) is 6.82. The van der Waals surface area contributed by atoms with E-state index in [4.69, 9.17) is 5.11 Å². The van der Waals surface area contributed by atoms with E-state index in [1.165, 1.54) is 14.0 Å². The number of carboxylic acids is 1. The second-order valence-electron chi connectivity index (χ2n) is 4.50. The lowest BCUT2D eigenvalue weighted by atomic mass is 10.1. The van der Waals surface area contributed by atoms with E-state index >= 15 is 0 Å². The van der Waals surface area contributed by atoms with Gasteiger partial charge in [-0.3, -0.25) is 4.79 Å². The van der Waals surface area contributed by atoms with Crippen LogP contribution in [0.5, 0.6) is 0 Å². The number of carboxylic acid groups (broad SMARTS) is 1. The summed E-state index contributed by atoms with van der Waals surface area (Å²) in [4.78, 5) is 22.0. The highest BCUT2D eigenvalue weighted by Crippen LogP contribution is 2.59. The Hall–Kier alpha value is -1.32. The number of carbonyl (C=O) groups is 2. The molecule has 15 heavy (non-hydrogen) atoms. The number of hydrogen-bond donors (Lipinski definition) is 1. The molecule has 4 heteroatoms. The van der Waals surface area contributed by atoms with Gasteiger partial charge in [0.2, 0.25) is 0 Å². The number of carbonyl (C=O) groups excluding carboxylic acids is 1. The number of hydrogen-bond acceptors (Lipinski definition) is 3. The van der Waals surface area contributed by atoms with E-state index in [1.54, 1.807) is 6.08 Å². The van der Waals surface area contributed by atoms with Gasteiger partial charge in [-0.05, 0) is 18.3 Å². The molecule has 84 valence electrons. The summed E-state index contributed by atoms with van der Waals surface area (Å²) in [5.41, 5.74) is 0.0866. The van der Waals surface area contributed by atoms with Crippen LogP contribution < -0.4 is 0 Å². The lowest BCUT2D eigenvalue weighted by Gasteiger charge is -1.99. The van der Waals surface area contributed by atoms with Gasteiger partial charge in [-0.25, -0.2) is 4.79 Å². The third kappa shape index (κ3) is 2.03. The van der Waals surface area contributed by atoms with Gasteiger partial charge in [-0.15, -0.1) is 0 Å². The summed E-state index contributed by atoms with van der Waals surface area (Å²) in [5.74, 6) is -1.45. The van der Waals surface area contributed by atoms with E-state index in [0.29, 0.717) is 0 Å². The highest BCUT2D eigenvalue weighted by molar-refractivity contribution is 5.86. The van der Waals surface area contributed by atoms with Gasteiger partial charge >= 0.3 is 11.9 Å². The Morgan fingerprint density at radius 1 is 1.40 bits per heavy atom. The van der Waals surface area contributed by atoms with Crippen LogP contribution in [0, 0.1) is 17.3 Å². The molecule has 0 heterocycles. The third-order valence-electron chi connectivity index (χ3n) is 3.13. The second-order valence-corrected chi connectivity index (χ2v) is 4.50. The van der Waals surface area contributed by atoms with Crippen LogP contribution in [0.25, 0.3) is 0 Å². The molecule has 0 bridgehead atoms.